The molecule has 4 aromatic rings. The molecule has 2 aromatic heterocycles. The first-order chi connectivity index (χ1) is 13.3. The topological polar surface area (TPSA) is 59.8 Å². The summed E-state index contributed by atoms with van der Waals surface area (Å²) >= 11 is 1.55. The molecule has 6 heteroatoms. The fourth-order valence-corrected chi connectivity index (χ4v) is 3.63. The molecule has 0 spiro atoms. The summed E-state index contributed by atoms with van der Waals surface area (Å²) in [4.78, 5) is 17.0. The second-order valence-corrected chi connectivity index (χ2v) is 7.00. The molecule has 1 N–H and O–H groups in total. The Labute approximate surface area is 161 Å². The molecule has 0 saturated carbocycles. The van der Waals surface area contributed by atoms with Crippen LogP contribution in [-0.2, 0) is 17.8 Å². The summed E-state index contributed by atoms with van der Waals surface area (Å²) in [6.45, 7) is 0.670. The number of rotatable bonds is 6. The molecule has 1 amide bonds. The van der Waals surface area contributed by atoms with E-state index in [-0.39, 0.29) is 12.3 Å². The number of nitrogens with zero attached hydrogens (tertiary/aromatic N) is 3. The van der Waals surface area contributed by atoms with Crippen molar-refractivity contribution in [1.82, 2.24) is 14.8 Å². The number of hydrogen-bond donors (Lipinski definition) is 1. The number of thiazole rings is 1. The summed E-state index contributed by atoms with van der Waals surface area (Å²) in [5, 5.41) is 10.0. The van der Waals surface area contributed by atoms with E-state index >= 15 is 0 Å². The van der Waals surface area contributed by atoms with E-state index in [4.69, 9.17) is 0 Å². The lowest BCUT2D eigenvalue weighted by Crippen LogP contribution is -2.14. The molecule has 0 bridgehead atoms. The third-order valence-electron chi connectivity index (χ3n) is 4.03. The molecule has 0 aliphatic heterocycles. The minimum atomic E-state index is -0.0730. The molecule has 2 aromatic carbocycles. The zero-order valence-electron chi connectivity index (χ0n) is 14.6. The summed E-state index contributed by atoms with van der Waals surface area (Å²) in [6, 6.07) is 19.7. The van der Waals surface area contributed by atoms with E-state index < -0.39 is 0 Å². The van der Waals surface area contributed by atoms with Crippen molar-refractivity contribution in [2.24, 2.45) is 0 Å². The quantitative estimate of drug-likeness (QED) is 0.549. The summed E-state index contributed by atoms with van der Waals surface area (Å²) < 4.78 is 1.85. The highest BCUT2D eigenvalue weighted by Gasteiger charge is 2.09. The van der Waals surface area contributed by atoms with Crippen molar-refractivity contribution in [2.75, 3.05) is 5.32 Å². The van der Waals surface area contributed by atoms with Gasteiger partial charge in [-0.15, -0.1) is 11.3 Å². The largest absolute Gasteiger partial charge is 0.326 e. The van der Waals surface area contributed by atoms with Gasteiger partial charge in [-0.25, -0.2) is 4.98 Å². The SMILES string of the molecule is O=C(Cc1csc(-c2ccccc2)n1)Nc1cccc(Cn2cccn2)c1. The van der Waals surface area contributed by atoms with E-state index in [2.05, 4.69) is 15.4 Å². The molecule has 0 unspecified atom stereocenters. The second-order valence-electron chi connectivity index (χ2n) is 6.14. The highest BCUT2D eigenvalue weighted by molar-refractivity contribution is 7.13. The summed E-state index contributed by atoms with van der Waals surface area (Å²) in [5.41, 5.74) is 3.71. The molecule has 0 aliphatic rings. The summed E-state index contributed by atoms with van der Waals surface area (Å²) in [5.74, 6) is -0.0730. The third-order valence-corrected chi connectivity index (χ3v) is 4.97. The lowest BCUT2D eigenvalue weighted by Gasteiger charge is -2.07. The Morgan fingerprint density at radius 1 is 1.07 bits per heavy atom. The molecule has 4 rings (SSSR count). The Balaban J connectivity index is 1.39. The molecule has 0 aliphatic carbocycles. The van der Waals surface area contributed by atoms with Crippen molar-refractivity contribution in [3.05, 3.63) is 89.7 Å². The van der Waals surface area contributed by atoms with Crippen LogP contribution in [0.1, 0.15) is 11.3 Å². The maximum Gasteiger partial charge on any atom is 0.230 e. The minimum Gasteiger partial charge on any atom is -0.326 e. The predicted molar refractivity (Wildman–Crippen MR) is 108 cm³/mol. The Morgan fingerprint density at radius 2 is 1.96 bits per heavy atom. The van der Waals surface area contributed by atoms with Crippen LogP contribution >= 0.6 is 11.3 Å². The van der Waals surface area contributed by atoms with Gasteiger partial charge in [0, 0.05) is 29.0 Å². The van der Waals surface area contributed by atoms with Crippen LogP contribution in [-0.4, -0.2) is 20.7 Å². The van der Waals surface area contributed by atoms with Gasteiger partial charge in [-0.1, -0.05) is 42.5 Å². The van der Waals surface area contributed by atoms with E-state index in [9.17, 15) is 4.79 Å². The van der Waals surface area contributed by atoms with Crippen molar-refractivity contribution in [3.63, 3.8) is 0 Å². The molecule has 0 radical (unpaired) electrons. The highest BCUT2D eigenvalue weighted by atomic mass is 32.1. The third kappa shape index (κ3) is 4.48. The first-order valence-corrected chi connectivity index (χ1v) is 9.50. The van der Waals surface area contributed by atoms with Gasteiger partial charge < -0.3 is 5.32 Å². The van der Waals surface area contributed by atoms with Gasteiger partial charge in [-0.3, -0.25) is 9.48 Å². The van der Waals surface area contributed by atoms with Gasteiger partial charge in [0.1, 0.15) is 5.01 Å². The van der Waals surface area contributed by atoms with Gasteiger partial charge in [-0.2, -0.15) is 5.10 Å². The number of hydrogen-bond acceptors (Lipinski definition) is 4. The number of nitrogens with one attached hydrogen (secondary N) is 1. The van der Waals surface area contributed by atoms with Crippen LogP contribution in [0.4, 0.5) is 5.69 Å². The molecular formula is C21H18N4OS. The van der Waals surface area contributed by atoms with E-state index in [0.717, 1.165) is 27.5 Å². The number of benzene rings is 2. The van der Waals surface area contributed by atoms with Gasteiger partial charge in [0.15, 0.2) is 0 Å². The second kappa shape index (κ2) is 7.97. The Morgan fingerprint density at radius 3 is 2.78 bits per heavy atom. The molecule has 0 saturated heterocycles. The average Bonchev–Trinajstić information content (AvgIpc) is 3.35. The monoisotopic (exact) mass is 374 g/mol. The zero-order chi connectivity index (χ0) is 18.5. The summed E-state index contributed by atoms with van der Waals surface area (Å²) in [6.07, 6.45) is 3.92. The van der Waals surface area contributed by atoms with Crippen molar-refractivity contribution >= 4 is 22.9 Å². The van der Waals surface area contributed by atoms with Crippen LogP contribution in [0.2, 0.25) is 0 Å². The van der Waals surface area contributed by atoms with Gasteiger partial charge in [0.2, 0.25) is 5.91 Å². The van der Waals surface area contributed by atoms with E-state index in [0.29, 0.717) is 6.54 Å². The van der Waals surface area contributed by atoms with Gasteiger partial charge >= 0.3 is 0 Å². The molecule has 0 atom stereocenters. The number of aromatic nitrogens is 3. The molecular weight excluding hydrogens is 356 g/mol. The van der Waals surface area contributed by atoms with Crippen molar-refractivity contribution in [1.29, 1.82) is 0 Å². The van der Waals surface area contributed by atoms with Crippen LogP contribution in [0.15, 0.2) is 78.4 Å². The average molecular weight is 374 g/mol. The number of anilines is 1. The maximum atomic E-state index is 12.4. The van der Waals surface area contributed by atoms with Crippen LogP contribution in [0.25, 0.3) is 10.6 Å². The van der Waals surface area contributed by atoms with Gasteiger partial charge in [0.05, 0.1) is 18.7 Å². The maximum absolute atomic E-state index is 12.4. The Hall–Kier alpha value is -3.25. The van der Waals surface area contributed by atoms with E-state index in [1.54, 1.807) is 17.5 Å². The van der Waals surface area contributed by atoms with Crippen LogP contribution in [0, 0.1) is 0 Å². The smallest absolute Gasteiger partial charge is 0.230 e. The lowest BCUT2D eigenvalue weighted by molar-refractivity contribution is -0.115. The molecule has 134 valence electrons. The van der Waals surface area contributed by atoms with E-state index in [1.807, 2.05) is 76.9 Å². The first-order valence-electron chi connectivity index (χ1n) is 8.62. The Bertz CT molecular complexity index is 1030. The number of carbonyl (C=O) groups excluding carboxylic acids is 1. The number of carbonyl (C=O) groups is 1. The normalized spacial score (nSPS) is 10.7. The fourth-order valence-electron chi connectivity index (χ4n) is 2.80. The van der Waals surface area contributed by atoms with Crippen molar-refractivity contribution < 1.29 is 4.79 Å². The Kier molecular flexibility index (Phi) is 5.07. The fraction of sp³-hybridized carbons (Fsp3) is 0.0952. The summed E-state index contributed by atoms with van der Waals surface area (Å²) in [7, 11) is 0. The van der Waals surface area contributed by atoms with E-state index in [1.165, 1.54) is 0 Å². The molecule has 5 nitrogen and oxygen atoms in total. The zero-order valence-corrected chi connectivity index (χ0v) is 15.4. The first kappa shape index (κ1) is 17.2. The number of amides is 1. The molecule has 2 heterocycles. The van der Waals surface area contributed by atoms with Crippen LogP contribution < -0.4 is 5.32 Å². The predicted octanol–water partition coefficient (Wildman–Crippen LogP) is 4.24. The lowest BCUT2D eigenvalue weighted by atomic mass is 10.2. The highest BCUT2D eigenvalue weighted by Crippen LogP contribution is 2.23. The standard InChI is InChI=1S/C21H18N4OS/c26-20(13-19-15-27-21(24-19)17-7-2-1-3-8-17)23-18-9-4-6-16(12-18)14-25-11-5-10-22-25/h1-12,15H,13-14H2,(H,23,26). The minimum absolute atomic E-state index is 0.0730. The van der Waals surface area contributed by atoms with Crippen LogP contribution in [0.3, 0.4) is 0 Å². The van der Waals surface area contributed by atoms with Crippen LogP contribution in [0.5, 0.6) is 0 Å². The van der Waals surface area contributed by atoms with Crippen molar-refractivity contribution in [3.8, 4) is 10.6 Å². The van der Waals surface area contributed by atoms with Gasteiger partial charge in [-0.05, 0) is 23.8 Å². The van der Waals surface area contributed by atoms with Crippen molar-refractivity contribution in [2.45, 2.75) is 13.0 Å². The van der Waals surface area contributed by atoms with Gasteiger partial charge in [0.25, 0.3) is 0 Å². The molecule has 27 heavy (non-hydrogen) atoms. The molecule has 0 fully saturated rings.